The molecule has 1 atom stereocenters. The van der Waals surface area contributed by atoms with E-state index in [0.717, 1.165) is 18.2 Å². The van der Waals surface area contributed by atoms with Crippen molar-refractivity contribution in [1.82, 2.24) is 15.6 Å². The third-order valence-electron chi connectivity index (χ3n) is 7.55. The van der Waals surface area contributed by atoms with Crippen molar-refractivity contribution in [2.45, 2.75) is 44.3 Å². The third kappa shape index (κ3) is 5.97. The number of rotatable bonds is 8. The minimum Gasteiger partial charge on any atom is -0.437 e. The van der Waals surface area contributed by atoms with E-state index in [0.29, 0.717) is 18.9 Å². The molecule has 2 aromatic carbocycles. The maximum absolute atomic E-state index is 15.0. The predicted molar refractivity (Wildman–Crippen MR) is 147 cm³/mol. The monoisotopic (exact) mass is 614 g/mol. The van der Waals surface area contributed by atoms with Crippen LogP contribution in [0.5, 0.6) is 0 Å². The van der Waals surface area contributed by atoms with Crippen LogP contribution in [0.4, 0.5) is 26.3 Å². The molecule has 0 bridgehead atoms. The van der Waals surface area contributed by atoms with Gasteiger partial charge in [-0.15, -0.1) is 0 Å². The van der Waals surface area contributed by atoms with Gasteiger partial charge in [0.1, 0.15) is 17.1 Å². The Bertz CT molecular complexity index is 1820. The summed E-state index contributed by atoms with van der Waals surface area (Å²) in [5.74, 6) is -5.52. The van der Waals surface area contributed by atoms with Gasteiger partial charge in [-0.05, 0) is 80.1 Å². The lowest BCUT2D eigenvalue weighted by Crippen LogP contribution is -2.47. The molecule has 7 nitrogen and oxygen atoms in total. The summed E-state index contributed by atoms with van der Waals surface area (Å²) in [6.45, 7) is 1.46. The van der Waals surface area contributed by atoms with Crippen LogP contribution >= 0.6 is 0 Å². The number of fused-ring (bicyclic) bond motifs is 1. The quantitative estimate of drug-likeness (QED) is 0.211. The SMILES string of the molecule is CNC(=O)c1c(-c2ccc(F)cc2)oc2nc(CCC(F)(F)F)c(-c3cc(F)c(F)c(C(=O)NC(C)(C#N)C4CC4)c3)cc12. The molecule has 13 heteroatoms. The number of carbonyl (C=O) groups is 2. The minimum absolute atomic E-state index is 0.0240. The second kappa shape index (κ2) is 11.3. The van der Waals surface area contributed by atoms with E-state index >= 15 is 0 Å². The second-order valence-electron chi connectivity index (χ2n) is 10.7. The average molecular weight is 615 g/mol. The fourth-order valence-electron chi connectivity index (χ4n) is 5.01. The van der Waals surface area contributed by atoms with Gasteiger partial charge in [0.05, 0.1) is 28.3 Å². The lowest BCUT2D eigenvalue weighted by atomic mass is 9.94. The molecule has 1 saturated carbocycles. The van der Waals surface area contributed by atoms with Gasteiger partial charge in [0.2, 0.25) is 5.71 Å². The Morgan fingerprint density at radius 3 is 2.32 bits per heavy atom. The van der Waals surface area contributed by atoms with Crippen molar-refractivity contribution < 1.29 is 40.3 Å². The molecular weight excluding hydrogens is 590 g/mol. The van der Waals surface area contributed by atoms with Gasteiger partial charge < -0.3 is 15.1 Å². The highest BCUT2D eigenvalue weighted by Gasteiger charge is 2.43. The molecule has 0 aliphatic heterocycles. The first-order valence-corrected chi connectivity index (χ1v) is 13.5. The van der Waals surface area contributed by atoms with Crippen LogP contribution in [0, 0.1) is 34.7 Å². The number of carbonyl (C=O) groups excluding carboxylic acids is 2. The molecule has 1 fully saturated rings. The van der Waals surface area contributed by atoms with E-state index in [9.17, 15) is 41.2 Å². The fourth-order valence-corrected chi connectivity index (χ4v) is 5.01. The summed E-state index contributed by atoms with van der Waals surface area (Å²) in [5.41, 5.74) is -2.69. The van der Waals surface area contributed by atoms with E-state index in [2.05, 4.69) is 15.6 Å². The molecule has 1 unspecified atom stereocenters. The van der Waals surface area contributed by atoms with Gasteiger partial charge in [-0.2, -0.15) is 18.4 Å². The van der Waals surface area contributed by atoms with E-state index in [1.165, 1.54) is 32.2 Å². The first-order valence-electron chi connectivity index (χ1n) is 13.5. The maximum Gasteiger partial charge on any atom is 0.389 e. The van der Waals surface area contributed by atoms with Gasteiger partial charge >= 0.3 is 6.18 Å². The number of amides is 2. The molecule has 4 aromatic rings. The zero-order valence-corrected chi connectivity index (χ0v) is 23.3. The van der Waals surface area contributed by atoms with Gasteiger partial charge in [-0.25, -0.2) is 18.2 Å². The number of pyridine rings is 1. The Morgan fingerprint density at radius 1 is 1.05 bits per heavy atom. The fraction of sp³-hybridized carbons (Fsp3) is 0.290. The number of hydrogen-bond donors (Lipinski definition) is 2. The molecule has 1 aliphatic carbocycles. The summed E-state index contributed by atoms with van der Waals surface area (Å²) < 4.78 is 89.2. The standard InChI is InChI=1S/C31H24F6N4O3/c1-30(14-38,17-5-6-17)41-27(42)21-11-16(12-22(33)25(21)34)19-13-20-24(28(43)39-2)26(15-3-7-18(32)8-4-15)44-29(20)40-23(19)9-10-31(35,36)37/h3-4,7-8,11-13,17H,5-6,9-10H2,1-2H3,(H,39,43)(H,41,42). The summed E-state index contributed by atoms with van der Waals surface area (Å²) in [6, 6.07) is 9.83. The molecule has 5 rings (SSSR count). The van der Waals surface area contributed by atoms with Crippen LogP contribution in [0.1, 0.15) is 52.6 Å². The maximum atomic E-state index is 15.0. The predicted octanol–water partition coefficient (Wildman–Crippen LogP) is 6.86. The van der Waals surface area contributed by atoms with E-state index in [4.69, 9.17) is 4.42 Å². The van der Waals surface area contributed by atoms with Gasteiger partial charge in [0, 0.05) is 24.6 Å². The third-order valence-corrected chi connectivity index (χ3v) is 7.55. The van der Waals surface area contributed by atoms with Crippen molar-refractivity contribution in [3.05, 3.63) is 76.7 Å². The highest BCUT2D eigenvalue weighted by molar-refractivity contribution is 6.11. The summed E-state index contributed by atoms with van der Waals surface area (Å²) in [6.07, 6.45) is -5.31. The topological polar surface area (TPSA) is 108 Å². The summed E-state index contributed by atoms with van der Waals surface area (Å²) in [5, 5.41) is 14.5. The molecular formula is C31H24F6N4O3. The Balaban J connectivity index is 1.71. The Hall–Kier alpha value is -4.86. The highest BCUT2D eigenvalue weighted by Crippen LogP contribution is 2.40. The molecule has 2 heterocycles. The molecule has 44 heavy (non-hydrogen) atoms. The number of nitrogens with zero attached hydrogens (tertiary/aromatic N) is 2. The molecule has 0 spiro atoms. The smallest absolute Gasteiger partial charge is 0.389 e. The molecule has 2 amide bonds. The lowest BCUT2D eigenvalue weighted by Gasteiger charge is -2.23. The van der Waals surface area contributed by atoms with Crippen LogP contribution in [0.15, 0.2) is 46.9 Å². The molecule has 0 radical (unpaired) electrons. The number of aryl methyl sites for hydroxylation is 1. The number of benzene rings is 2. The van der Waals surface area contributed by atoms with Crippen molar-refractivity contribution in [1.29, 1.82) is 5.26 Å². The van der Waals surface area contributed by atoms with Crippen molar-refractivity contribution >= 4 is 22.9 Å². The van der Waals surface area contributed by atoms with Crippen molar-refractivity contribution in [3.8, 4) is 28.5 Å². The number of aromatic nitrogens is 1. The van der Waals surface area contributed by atoms with E-state index in [1.807, 2.05) is 6.07 Å². The van der Waals surface area contributed by atoms with Gasteiger partial charge in [0.15, 0.2) is 11.6 Å². The molecule has 0 saturated heterocycles. The number of furan rings is 1. The number of halogens is 6. The van der Waals surface area contributed by atoms with Gasteiger partial charge in [-0.1, -0.05) is 0 Å². The normalized spacial score (nSPS) is 14.6. The molecule has 2 aromatic heterocycles. The van der Waals surface area contributed by atoms with E-state index in [-0.39, 0.29) is 50.7 Å². The molecule has 2 N–H and O–H groups in total. The van der Waals surface area contributed by atoms with Crippen LogP contribution < -0.4 is 10.6 Å². The zero-order valence-electron chi connectivity index (χ0n) is 23.3. The highest BCUT2D eigenvalue weighted by atomic mass is 19.4. The Morgan fingerprint density at radius 2 is 1.73 bits per heavy atom. The van der Waals surface area contributed by atoms with Crippen molar-refractivity contribution in [2.75, 3.05) is 7.05 Å². The molecule has 228 valence electrons. The number of nitrogens with one attached hydrogen (secondary N) is 2. The van der Waals surface area contributed by atoms with Gasteiger partial charge in [-0.3, -0.25) is 9.59 Å². The average Bonchev–Trinajstić information content (AvgIpc) is 3.78. The summed E-state index contributed by atoms with van der Waals surface area (Å²) >= 11 is 0. The first kappa shape index (κ1) is 30.6. The number of hydrogen-bond acceptors (Lipinski definition) is 5. The first-order chi connectivity index (χ1) is 20.7. The lowest BCUT2D eigenvalue weighted by molar-refractivity contribution is -0.134. The van der Waals surface area contributed by atoms with Crippen LogP contribution in [-0.2, 0) is 6.42 Å². The van der Waals surface area contributed by atoms with Crippen molar-refractivity contribution in [2.24, 2.45) is 5.92 Å². The zero-order chi connectivity index (χ0) is 32.0. The number of alkyl halides is 3. The van der Waals surface area contributed by atoms with E-state index < -0.39 is 59.4 Å². The Labute approximate surface area is 246 Å². The Kier molecular flexibility index (Phi) is 7.88. The minimum atomic E-state index is -4.60. The van der Waals surface area contributed by atoms with Gasteiger partial charge in [0.25, 0.3) is 11.8 Å². The second-order valence-corrected chi connectivity index (χ2v) is 10.7. The molecule has 1 aliphatic rings. The van der Waals surface area contributed by atoms with Crippen LogP contribution in [0.25, 0.3) is 33.6 Å². The largest absolute Gasteiger partial charge is 0.437 e. The van der Waals surface area contributed by atoms with Crippen LogP contribution in [0.3, 0.4) is 0 Å². The van der Waals surface area contributed by atoms with E-state index in [1.54, 1.807) is 0 Å². The summed E-state index contributed by atoms with van der Waals surface area (Å²) in [7, 11) is 1.33. The van der Waals surface area contributed by atoms with Crippen LogP contribution in [-0.4, -0.2) is 35.6 Å². The van der Waals surface area contributed by atoms with Crippen LogP contribution in [0.2, 0.25) is 0 Å². The number of nitriles is 1. The van der Waals surface area contributed by atoms with Crippen molar-refractivity contribution in [3.63, 3.8) is 0 Å². The summed E-state index contributed by atoms with van der Waals surface area (Å²) in [4.78, 5) is 30.3.